The smallest absolute Gasteiger partial charge is 0.310 e. The fourth-order valence-electron chi connectivity index (χ4n) is 3.03. The van der Waals surface area contributed by atoms with Crippen molar-refractivity contribution in [3.63, 3.8) is 0 Å². The Morgan fingerprint density at radius 2 is 1.91 bits per heavy atom. The predicted molar refractivity (Wildman–Crippen MR) is 86.2 cm³/mol. The third-order valence-corrected chi connectivity index (χ3v) is 4.26. The van der Waals surface area contributed by atoms with E-state index in [9.17, 15) is 19.5 Å². The highest BCUT2D eigenvalue weighted by Crippen LogP contribution is 2.41. The van der Waals surface area contributed by atoms with Gasteiger partial charge in [-0.05, 0) is 38.0 Å². The SMILES string of the molecule is CCNC(=O)c1cccc(NC(=O)CC2(C(=O)O)CCCC2)c1. The Bertz CT molecular complexity index is 606. The fraction of sp³-hybridized carbons (Fsp3) is 0.471. The summed E-state index contributed by atoms with van der Waals surface area (Å²) >= 11 is 0. The van der Waals surface area contributed by atoms with Crippen LogP contribution in [0.4, 0.5) is 5.69 Å². The average Bonchev–Trinajstić information content (AvgIpc) is 2.97. The van der Waals surface area contributed by atoms with Crippen LogP contribution in [0.3, 0.4) is 0 Å². The molecule has 6 nitrogen and oxygen atoms in total. The van der Waals surface area contributed by atoms with Crippen molar-refractivity contribution in [2.45, 2.75) is 39.0 Å². The molecule has 1 aliphatic carbocycles. The van der Waals surface area contributed by atoms with Crippen LogP contribution in [0.2, 0.25) is 0 Å². The van der Waals surface area contributed by atoms with Gasteiger partial charge >= 0.3 is 5.97 Å². The number of hydrogen-bond acceptors (Lipinski definition) is 3. The fourth-order valence-corrected chi connectivity index (χ4v) is 3.03. The second kappa shape index (κ2) is 7.26. The Labute approximate surface area is 135 Å². The predicted octanol–water partition coefficient (Wildman–Crippen LogP) is 2.41. The lowest BCUT2D eigenvalue weighted by Gasteiger charge is -2.22. The van der Waals surface area contributed by atoms with Crippen LogP contribution in [0.5, 0.6) is 0 Å². The number of carbonyl (C=O) groups excluding carboxylic acids is 2. The van der Waals surface area contributed by atoms with Gasteiger partial charge in [-0.1, -0.05) is 18.9 Å². The molecule has 1 aliphatic rings. The summed E-state index contributed by atoms with van der Waals surface area (Å²) in [5, 5.41) is 14.8. The Hall–Kier alpha value is -2.37. The van der Waals surface area contributed by atoms with Crippen molar-refractivity contribution in [2.75, 3.05) is 11.9 Å². The Morgan fingerprint density at radius 1 is 1.22 bits per heavy atom. The first-order valence-electron chi connectivity index (χ1n) is 7.88. The Morgan fingerprint density at radius 3 is 2.52 bits per heavy atom. The number of carboxylic acid groups (broad SMARTS) is 1. The number of hydrogen-bond donors (Lipinski definition) is 3. The van der Waals surface area contributed by atoms with E-state index >= 15 is 0 Å². The first kappa shape index (κ1) is 17.0. The minimum Gasteiger partial charge on any atom is -0.481 e. The third kappa shape index (κ3) is 4.09. The molecular formula is C17H22N2O4. The van der Waals surface area contributed by atoms with Gasteiger partial charge in [0.25, 0.3) is 5.91 Å². The van der Waals surface area contributed by atoms with Gasteiger partial charge < -0.3 is 15.7 Å². The summed E-state index contributed by atoms with van der Waals surface area (Å²) in [7, 11) is 0. The monoisotopic (exact) mass is 318 g/mol. The zero-order valence-electron chi connectivity index (χ0n) is 13.2. The Balaban J connectivity index is 2.04. The van der Waals surface area contributed by atoms with Gasteiger partial charge in [-0.3, -0.25) is 14.4 Å². The molecule has 0 aromatic heterocycles. The van der Waals surface area contributed by atoms with Gasteiger partial charge in [-0.25, -0.2) is 0 Å². The molecule has 0 bridgehead atoms. The van der Waals surface area contributed by atoms with Crippen molar-refractivity contribution < 1.29 is 19.5 Å². The number of carboxylic acids is 1. The van der Waals surface area contributed by atoms with Gasteiger partial charge in [0, 0.05) is 24.2 Å². The van der Waals surface area contributed by atoms with Crippen molar-refractivity contribution in [1.82, 2.24) is 5.32 Å². The first-order chi connectivity index (χ1) is 11.0. The van der Waals surface area contributed by atoms with Gasteiger partial charge in [0.2, 0.25) is 5.91 Å². The van der Waals surface area contributed by atoms with Crippen molar-refractivity contribution in [3.05, 3.63) is 29.8 Å². The van der Waals surface area contributed by atoms with Crippen LogP contribution in [-0.2, 0) is 9.59 Å². The second-order valence-electron chi connectivity index (χ2n) is 5.96. The van der Waals surface area contributed by atoms with Crippen LogP contribution in [0.25, 0.3) is 0 Å². The minimum atomic E-state index is -0.943. The third-order valence-electron chi connectivity index (χ3n) is 4.26. The number of rotatable bonds is 6. The average molecular weight is 318 g/mol. The molecule has 2 amide bonds. The molecule has 1 saturated carbocycles. The highest BCUT2D eigenvalue weighted by Gasteiger charge is 2.42. The Kier molecular flexibility index (Phi) is 5.36. The molecule has 0 aliphatic heterocycles. The van der Waals surface area contributed by atoms with E-state index in [4.69, 9.17) is 0 Å². The molecule has 3 N–H and O–H groups in total. The molecule has 1 aromatic rings. The summed E-state index contributed by atoms with van der Waals surface area (Å²) in [6.07, 6.45) is 2.72. The standard InChI is InChI=1S/C17H22N2O4/c1-2-18-15(21)12-6-5-7-13(10-12)19-14(20)11-17(16(22)23)8-3-4-9-17/h5-7,10H,2-4,8-9,11H2,1H3,(H,18,21)(H,19,20)(H,22,23). The normalized spacial score (nSPS) is 15.9. The molecule has 0 atom stereocenters. The number of amides is 2. The number of nitrogens with one attached hydrogen (secondary N) is 2. The van der Waals surface area contributed by atoms with Crippen LogP contribution in [-0.4, -0.2) is 29.4 Å². The van der Waals surface area contributed by atoms with E-state index in [0.29, 0.717) is 30.6 Å². The van der Waals surface area contributed by atoms with Gasteiger partial charge in [0.15, 0.2) is 0 Å². The van der Waals surface area contributed by atoms with E-state index in [1.807, 2.05) is 6.92 Å². The summed E-state index contributed by atoms with van der Waals surface area (Å²) in [6, 6.07) is 6.62. The van der Waals surface area contributed by atoms with Crippen LogP contribution < -0.4 is 10.6 Å². The molecule has 2 rings (SSSR count). The molecule has 0 radical (unpaired) electrons. The molecule has 6 heteroatoms. The topological polar surface area (TPSA) is 95.5 Å². The quantitative estimate of drug-likeness (QED) is 0.750. The molecule has 23 heavy (non-hydrogen) atoms. The number of aliphatic carboxylic acids is 1. The lowest BCUT2D eigenvalue weighted by molar-refractivity contribution is -0.150. The van der Waals surface area contributed by atoms with Crippen LogP contribution in [0.15, 0.2) is 24.3 Å². The van der Waals surface area contributed by atoms with E-state index in [0.717, 1.165) is 12.8 Å². The summed E-state index contributed by atoms with van der Waals surface area (Å²) in [4.78, 5) is 35.5. The highest BCUT2D eigenvalue weighted by molar-refractivity contribution is 5.98. The lowest BCUT2D eigenvalue weighted by Crippen LogP contribution is -2.32. The van der Waals surface area contributed by atoms with Crippen LogP contribution in [0, 0.1) is 5.41 Å². The molecule has 0 unspecified atom stereocenters. The van der Waals surface area contributed by atoms with Crippen molar-refractivity contribution in [3.8, 4) is 0 Å². The maximum atomic E-state index is 12.2. The lowest BCUT2D eigenvalue weighted by atomic mass is 9.82. The number of benzene rings is 1. The second-order valence-corrected chi connectivity index (χ2v) is 5.96. The van der Waals surface area contributed by atoms with Gasteiger partial charge in [0.1, 0.15) is 0 Å². The summed E-state index contributed by atoms with van der Waals surface area (Å²) < 4.78 is 0. The summed E-state index contributed by atoms with van der Waals surface area (Å²) in [6.45, 7) is 2.35. The van der Waals surface area contributed by atoms with Crippen LogP contribution in [0.1, 0.15) is 49.4 Å². The van der Waals surface area contributed by atoms with Crippen molar-refractivity contribution >= 4 is 23.5 Å². The molecule has 1 aromatic carbocycles. The highest BCUT2D eigenvalue weighted by atomic mass is 16.4. The van der Waals surface area contributed by atoms with E-state index in [2.05, 4.69) is 10.6 Å². The van der Waals surface area contributed by atoms with Crippen molar-refractivity contribution in [2.24, 2.45) is 5.41 Å². The van der Waals surface area contributed by atoms with E-state index in [1.54, 1.807) is 24.3 Å². The first-order valence-corrected chi connectivity index (χ1v) is 7.88. The van der Waals surface area contributed by atoms with Gasteiger partial charge in [-0.15, -0.1) is 0 Å². The van der Waals surface area contributed by atoms with Crippen LogP contribution >= 0.6 is 0 Å². The number of carbonyl (C=O) groups is 3. The van der Waals surface area contributed by atoms with Gasteiger partial charge in [-0.2, -0.15) is 0 Å². The van der Waals surface area contributed by atoms with E-state index in [1.165, 1.54) is 0 Å². The molecule has 0 spiro atoms. The maximum Gasteiger partial charge on any atom is 0.310 e. The maximum absolute atomic E-state index is 12.2. The minimum absolute atomic E-state index is 0.0340. The largest absolute Gasteiger partial charge is 0.481 e. The molecular weight excluding hydrogens is 296 g/mol. The summed E-state index contributed by atoms with van der Waals surface area (Å²) in [5.74, 6) is -1.44. The zero-order valence-corrected chi connectivity index (χ0v) is 13.2. The zero-order chi connectivity index (χ0) is 16.9. The molecule has 1 fully saturated rings. The molecule has 0 saturated heterocycles. The van der Waals surface area contributed by atoms with Gasteiger partial charge in [0.05, 0.1) is 5.41 Å². The number of anilines is 1. The summed E-state index contributed by atoms with van der Waals surface area (Å²) in [5.41, 5.74) is 0.0112. The molecule has 0 heterocycles. The van der Waals surface area contributed by atoms with E-state index in [-0.39, 0.29) is 18.2 Å². The van der Waals surface area contributed by atoms with Crippen molar-refractivity contribution in [1.29, 1.82) is 0 Å². The van der Waals surface area contributed by atoms with E-state index < -0.39 is 11.4 Å². The molecule has 124 valence electrons.